The number of aromatic nitrogens is 2. The van der Waals surface area contributed by atoms with Gasteiger partial charge >= 0.3 is 0 Å². The molecular weight excluding hydrogens is 295 g/mol. The summed E-state index contributed by atoms with van der Waals surface area (Å²) < 4.78 is 12.9. The van der Waals surface area contributed by atoms with Gasteiger partial charge in [0.2, 0.25) is 5.91 Å². The lowest BCUT2D eigenvalue weighted by molar-refractivity contribution is -0.128. The molecule has 0 bridgehead atoms. The second-order valence-electron chi connectivity index (χ2n) is 5.87. The van der Waals surface area contributed by atoms with Gasteiger partial charge in [0, 0.05) is 13.1 Å². The molecular formula is C17H19FN4O. The fourth-order valence-corrected chi connectivity index (χ4v) is 2.64. The largest absolute Gasteiger partial charge is 0.357 e. The summed E-state index contributed by atoms with van der Waals surface area (Å²) in [6, 6.07) is 7.85. The van der Waals surface area contributed by atoms with Crippen LogP contribution in [0.2, 0.25) is 0 Å². The highest BCUT2D eigenvalue weighted by molar-refractivity contribution is 5.86. The highest BCUT2D eigenvalue weighted by Gasteiger charge is 2.31. The highest BCUT2D eigenvalue weighted by Crippen LogP contribution is 2.19. The van der Waals surface area contributed by atoms with Crippen LogP contribution in [0.15, 0.2) is 30.3 Å². The van der Waals surface area contributed by atoms with Gasteiger partial charge in [-0.3, -0.25) is 4.79 Å². The zero-order chi connectivity index (χ0) is 16.4. The standard InChI is InChI=1S/C17H19FN4O/c1-11-9-16(21-20-12(11)2)19-15-7-8-22(17(15)23)10-13-3-5-14(18)6-4-13/h3-6,9,15H,7-8,10H2,1-2H3,(H,19,21). The number of hydrogen-bond acceptors (Lipinski definition) is 4. The number of carbonyl (C=O) groups excluding carboxylic acids is 1. The number of nitrogens with one attached hydrogen (secondary N) is 1. The molecule has 2 heterocycles. The third kappa shape index (κ3) is 3.47. The zero-order valence-corrected chi connectivity index (χ0v) is 13.2. The van der Waals surface area contributed by atoms with Crippen molar-refractivity contribution >= 4 is 11.7 Å². The molecule has 6 heteroatoms. The van der Waals surface area contributed by atoms with Gasteiger partial charge in [-0.05, 0) is 49.6 Å². The van der Waals surface area contributed by atoms with Gasteiger partial charge in [0.15, 0.2) is 0 Å². The van der Waals surface area contributed by atoms with E-state index in [4.69, 9.17) is 0 Å². The number of benzene rings is 1. The van der Waals surface area contributed by atoms with Crippen molar-refractivity contribution in [2.45, 2.75) is 32.9 Å². The molecule has 1 aromatic heterocycles. The van der Waals surface area contributed by atoms with Crippen LogP contribution in [0.5, 0.6) is 0 Å². The van der Waals surface area contributed by atoms with E-state index in [-0.39, 0.29) is 17.8 Å². The summed E-state index contributed by atoms with van der Waals surface area (Å²) in [6.07, 6.45) is 0.717. The Balaban J connectivity index is 1.64. The molecule has 120 valence electrons. The Hall–Kier alpha value is -2.50. The van der Waals surface area contributed by atoms with E-state index in [9.17, 15) is 9.18 Å². The summed E-state index contributed by atoms with van der Waals surface area (Å²) in [5.74, 6) is 0.388. The van der Waals surface area contributed by atoms with Crippen LogP contribution in [0.4, 0.5) is 10.2 Å². The minimum atomic E-state index is -0.285. The van der Waals surface area contributed by atoms with Crippen LogP contribution in [0, 0.1) is 19.7 Å². The second kappa shape index (κ2) is 6.32. The van der Waals surface area contributed by atoms with Crippen molar-refractivity contribution in [3.63, 3.8) is 0 Å². The number of halogens is 1. The average molecular weight is 314 g/mol. The first-order chi connectivity index (χ1) is 11.0. The Labute approximate surface area is 134 Å². The molecule has 0 radical (unpaired) electrons. The molecule has 1 aromatic carbocycles. The molecule has 1 aliphatic heterocycles. The summed E-state index contributed by atoms with van der Waals surface area (Å²) >= 11 is 0. The summed E-state index contributed by atoms with van der Waals surface area (Å²) in [5.41, 5.74) is 2.84. The predicted octanol–water partition coefficient (Wildman–Crippen LogP) is 2.45. The monoisotopic (exact) mass is 314 g/mol. The molecule has 3 rings (SSSR count). The highest BCUT2D eigenvalue weighted by atomic mass is 19.1. The molecule has 1 saturated heterocycles. The number of hydrogen-bond donors (Lipinski definition) is 1. The fraction of sp³-hybridized carbons (Fsp3) is 0.353. The van der Waals surface area contributed by atoms with Gasteiger partial charge in [-0.15, -0.1) is 5.10 Å². The zero-order valence-electron chi connectivity index (χ0n) is 13.2. The van der Waals surface area contributed by atoms with Crippen LogP contribution in [-0.4, -0.2) is 33.6 Å². The van der Waals surface area contributed by atoms with Gasteiger partial charge in [-0.25, -0.2) is 4.39 Å². The summed E-state index contributed by atoms with van der Waals surface area (Å²) in [6.45, 7) is 5.03. The summed E-state index contributed by atoms with van der Waals surface area (Å²) in [5, 5.41) is 11.3. The molecule has 23 heavy (non-hydrogen) atoms. The second-order valence-corrected chi connectivity index (χ2v) is 5.87. The lowest BCUT2D eigenvalue weighted by Crippen LogP contribution is -2.33. The van der Waals surface area contributed by atoms with Gasteiger partial charge in [0.25, 0.3) is 0 Å². The van der Waals surface area contributed by atoms with Gasteiger partial charge in [-0.2, -0.15) is 5.10 Å². The predicted molar refractivity (Wildman–Crippen MR) is 85.4 cm³/mol. The van der Waals surface area contributed by atoms with E-state index in [2.05, 4.69) is 15.5 Å². The van der Waals surface area contributed by atoms with Crippen LogP contribution in [0.3, 0.4) is 0 Å². The molecule has 0 aliphatic carbocycles. The van der Waals surface area contributed by atoms with Crippen molar-refractivity contribution in [2.24, 2.45) is 0 Å². The molecule has 1 amide bonds. The number of likely N-dealkylation sites (tertiary alicyclic amines) is 1. The SMILES string of the molecule is Cc1cc(NC2CCN(Cc3ccc(F)cc3)C2=O)nnc1C. The molecule has 0 spiro atoms. The molecule has 1 N–H and O–H groups in total. The first-order valence-corrected chi connectivity index (χ1v) is 7.63. The smallest absolute Gasteiger partial charge is 0.245 e. The third-order valence-electron chi connectivity index (χ3n) is 4.14. The molecule has 1 aliphatic rings. The van der Waals surface area contributed by atoms with Crippen molar-refractivity contribution in [3.05, 3.63) is 53.0 Å². The Kier molecular flexibility index (Phi) is 4.23. The van der Waals surface area contributed by atoms with Crippen molar-refractivity contribution in [2.75, 3.05) is 11.9 Å². The van der Waals surface area contributed by atoms with Gasteiger partial charge in [0.1, 0.15) is 17.7 Å². The van der Waals surface area contributed by atoms with Crippen molar-refractivity contribution in [1.82, 2.24) is 15.1 Å². The normalized spacial score (nSPS) is 17.6. The summed E-state index contributed by atoms with van der Waals surface area (Å²) in [7, 11) is 0. The van der Waals surface area contributed by atoms with E-state index >= 15 is 0 Å². The van der Waals surface area contributed by atoms with Crippen LogP contribution < -0.4 is 5.32 Å². The van der Waals surface area contributed by atoms with Crippen LogP contribution in [0.25, 0.3) is 0 Å². The van der Waals surface area contributed by atoms with E-state index in [1.54, 1.807) is 17.0 Å². The Morgan fingerprint density at radius 1 is 1.26 bits per heavy atom. The Morgan fingerprint density at radius 3 is 2.70 bits per heavy atom. The van der Waals surface area contributed by atoms with Crippen molar-refractivity contribution in [1.29, 1.82) is 0 Å². The maximum Gasteiger partial charge on any atom is 0.245 e. The first-order valence-electron chi connectivity index (χ1n) is 7.63. The fourth-order valence-electron chi connectivity index (χ4n) is 2.64. The molecule has 5 nitrogen and oxygen atoms in total. The number of carbonyl (C=O) groups is 1. The lowest BCUT2D eigenvalue weighted by atomic mass is 10.2. The topological polar surface area (TPSA) is 58.1 Å². The van der Waals surface area contributed by atoms with Crippen LogP contribution in [-0.2, 0) is 11.3 Å². The van der Waals surface area contributed by atoms with Gasteiger partial charge in [-0.1, -0.05) is 12.1 Å². The Bertz CT molecular complexity index is 717. The van der Waals surface area contributed by atoms with E-state index in [0.29, 0.717) is 25.3 Å². The Morgan fingerprint density at radius 2 is 2.00 bits per heavy atom. The number of aryl methyl sites for hydroxylation is 2. The van der Waals surface area contributed by atoms with E-state index < -0.39 is 0 Å². The number of anilines is 1. The molecule has 2 aromatic rings. The van der Waals surface area contributed by atoms with Crippen molar-refractivity contribution < 1.29 is 9.18 Å². The number of amides is 1. The van der Waals surface area contributed by atoms with E-state index in [1.165, 1.54) is 12.1 Å². The third-order valence-corrected chi connectivity index (χ3v) is 4.14. The minimum absolute atomic E-state index is 0.0364. The number of nitrogens with zero attached hydrogens (tertiary/aromatic N) is 3. The van der Waals surface area contributed by atoms with Gasteiger partial charge in [0.05, 0.1) is 5.69 Å². The molecule has 1 fully saturated rings. The van der Waals surface area contributed by atoms with Crippen LogP contribution in [0.1, 0.15) is 23.2 Å². The minimum Gasteiger partial charge on any atom is -0.357 e. The number of rotatable bonds is 4. The quantitative estimate of drug-likeness (QED) is 0.942. The van der Waals surface area contributed by atoms with E-state index in [0.717, 1.165) is 16.8 Å². The summed E-state index contributed by atoms with van der Waals surface area (Å²) in [4.78, 5) is 14.3. The molecule has 1 atom stereocenters. The lowest BCUT2D eigenvalue weighted by Gasteiger charge is -2.17. The maximum atomic E-state index is 12.9. The molecule has 1 unspecified atom stereocenters. The van der Waals surface area contributed by atoms with Crippen LogP contribution >= 0.6 is 0 Å². The van der Waals surface area contributed by atoms with E-state index in [1.807, 2.05) is 19.9 Å². The average Bonchev–Trinajstić information content (AvgIpc) is 2.86. The maximum absolute atomic E-state index is 12.9. The van der Waals surface area contributed by atoms with Gasteiger partial charge < -0.3 is 10.2 Å². The van der Waals surface area contributed by atoms with Crippen molar-refractivity contribution in [3.8, 4) is 0 Å². The first kappa shape index (κ1) is 15.4. The molecule has 0 saturated carbocycles.